The number of rotatable bonds is 6. The summed E-state index contributed by atoms with van der Waals surface area (Å²) in [4.78, 5) is 0.865. The molecule has 7 nitrogen and oxygen atoms in total. The summed E-state index contributed by atoms with van der Waals surface area (Å²) in [6.45, 7) is 2.09. The molecule has 0 amide bonds. The van der Waals surface area contributed by atoms with Crippen molar-refractivity contribution in [2.45, 2.75) is 18.2 Å². The molecular weight excluding hydrogens is 450 g/mol. The van der Waals surface area contributed by atoms with E-state index in [0.29, 0.717) is 31.9 Å². The van der Waals surface area contributed by atoms with Gasteiger partial charge in [-0.3, -0.25) is 9.40 Å². The summed E-state index contributed by atoms with van der Waals surface area (Å²) in [5, 5.41) is 11.8. The molecular formula is C18H16ClN5O2S3. The number of halogens is 1. The minimum absolute atomic E-state index is 0.176. The van der Waals surface area contributed by atoms with E-state index >= 15 is 0 Å². The molecule has 0 aliphatic rings. The lowest BCUT2D eigenvalue weighted by molar-refractivity contribution is 0.589. The predicted molar refractivity (Wildman–Crippen MR) is 117 cm³/mol. The topological polar surface area (TPSA) is 83.4 Å². The zero-order chi connectivity index (χ0) is 20.6. The van der Waals surface area contributed by atoms with Crippen LogP contribution in [0.5, 0.6) is 0 Å². The minimum Gasteiger partial charge on any atom is -0.271 e. The maximum atomic E-state index is 13.4. The molecule has 4 aromatic rings. The fourth-order valence-corrected chi connectivity index (χ4v) is 5.40. The Morgan fingerprint density at radius 2 is 1.83 bits per heavy atom. The van der Waals surface area contributed by atoms with E-state index in [1.807, 2.05) is 6.92 Å². The highest BCUT2D eigenvalue weighted by molar-refractivity contribution is 7.92. The molecule has 0 unspecified atom stereocenters. The lowest BCUT2D eigenvalue weighted by atomic mass is 10.2. The van der Waals surface area contributed by atoms with E-state index in [0.717, 1.165) is 5.56 Å². The molecule has 0 aliphatic carbocycles. The first-order valence-corrected chi connectivity index (χ1v) is 11.7. The molecule has 29 heavy (non-hydrogen) atoms. The van der Waals surface area contributed by atoms with Gasteiger partial charge in [0.05, 0.1) is 10.6 Å². The summed E-state index contributed by atoms with van der Waals surface area (Å²) in [6.07, 6.45) is 0.344. The molecule has 0 fully saturated rings. The van der Waals surface area contributed by atoms with Gasteiger partial charge in [0.15, 0.2) is 9.78 Å². The summed E-state index contributed by atoms with van der Waals surface area (Å²) in [5.41, 5.74) is 1.51. The monoisotopic (exact) mass is 465 g/mol. The van der Waals surface area contributed by atoms with Crippen molar-refractivity contribution in [2.24, 2.45) is 0 Å². The van der Waals surface area contributed by atoms with E-state index in [2.05, 4.69) is 15.3 Å². The van der Waals surface area contributed by atoms with Gasteiger partial charge in [-0.15, -0.1) is 10.2 Å². The first-order chi connectivity index (χ1) is 13.8. The largest absolute Gasteiger partial charge is 0.271 e. The van der Waals surface area contributed by atoms with Crippen molar-refractivity contribution in [3.05, 3.63) is 68.9 Å². The summed E-state index contributed by atoms with van der Waals surface area (Å²) < 4.78 is 30.4. The second kappa shape index (κ2) is 7.86. The Labute approximate surface area is 181 Å². The number of fused-ring (bicyclic) bond motifs is 1. The number of sulfonamides is 1. The SMILES string of the molecule is Cc1ccc(S(=O)(=O)N(CCc2nnc3sc(=S)[nH]n23)c2ccc(Cl)cc2)cc1. The third-order valence-corrected chi connectivity index (χ3v) is 7.51. The number of nitrogens with one attached hydrogen (secondary N) is 1. The zero-order valence-electron chi connectivity index (χ0n) is 15.2. The van der Waals surface area contributed by atoms with Crippen molar-refractivity contribution in [3.8, 4) is 0 Å². The molecule has 2 aromatic heterocycles. The Hall–Kier alpha value is -2.27. The van der Waals surface area contributed by atoms with Gasteiger partial charge < -0.3 is 0 Å². The maximum Gasteiger partial charge on any atom is 0.264 e. The number of H-pyrrole nitrogens is 1. The number of nitrogens with zero attached hydrogens (tertiary/aromatic N) is 4. The third kappa shape index (κ3) is 4.06. The number of aryl methyl sites for hydroxylation is 1. The molecule has 4 rings (SSSR count). The molecule has 11 heteroatoms. The highest BCUT2D eigenvalue weighted by Crippen LogP contribution is 2.26. The lowest BCUT2D eigenvalue weighted by Gasteiger charge is -2.24. The number of hydrogen-bond donors (Lipinski definition) is 1. The van der Waals surface area contributed by atoms with Crippen LogP contribution in [-0.4, -0.2) is 34.8 Å². The van der Waals surface area contributed by atoms with Crippen LogP contribution in [0.15, 0.2) is 53.4 Å². The van der Waals surface area contributed by atoms with Crippen LogP contribution in [0.1, 0.15) is 11.4 Å². The Morgan fingerprint density at radius 3 is 2.52 bits per heavy atom. The van der Waals surface area contributed by atoms with Crippen LogP contribution in [0, 0.1) is 10.9 Å². The van der Waals surface area contributed by atoms with Crippen LogP contribution in [0.2, 0.25) is 5.02 Å². The molecule has 2 heterocycles. The summed E-state index contributed by atoms with van der Waals surface area (Å²) >= 11 is 12.4. The summed E-state index contributed by atoms with van der Waals surface area (Å²) in [7, 11) is -3.78. The van der Waals surface area contributed by atoms with Gasteiger partial charge in [-0.1, -0.05) is 40.6 Å². The molecule has 0 radical (unpaired) electrons. The Kier molecular flexibility index (Phi) is 5.43. The molecule has 0 saturated carbocycles. The van der Waals surface area contributed by atoms with Gasteiger partial charge in [0.2, 0.25) is 4.96 Å². The van der Waals surface area contributed by atoms with Crippen molar-refractivity contribution in [2.75, 3.05) is 10.8 Å². The number of hydrogen-bond acceptors (Lipinski definition) is 6. The summed E-state index contributed by atoms with van der Waals surface area (Å²) in [5.74, 6) is 0.602. The normalized spacial score (nSPS) is 11.8. The molecule has 0 saturated heterocycles. The smallest absolute Gasteiger partial charge is 0.264 e. The molecule has 150 valence electrons. The van der Waals surface area contributed by atoms with Crippen LogP contribution >= 0.6 is 35.2 Å². The number of aromatic nitrogens is 4. The van der Waals surface area contributed by atoms with Gasteiger partial charge in [0, 0.05) is 18.0 Å². The highest BCUT2D eigenvalue weighted by Gasteiger charge is 2.25. The minimum atomic E-state index is -3.78. The second-order valence-electron chi connectivity index (χ2n) is 6.35. The number of anilines is 1. The quantitative estimate of drug-likeness (QED) is 0.430. The molecule has 2 aromatic carbocycles. The first-order valence-electron chi connectivity index (χ1n) is 8.63. The third-order valence-electron chi connectivity index (χ3n) is 4.35. The predicted octanol–water partition coefficient (Wildman–Crippen LogP) is 4.25. The van der Waals surface area contributed by atoms with Gasteiger partial charge in [0.25, 0.3) is 10.0 Å². The average Bonchev–Trinajstić information content (AvgIpc) is 3.23. The van der Waals surface area contributed by atoms with Gasteiger partial charge in [-0.2, -0.15) is 0 Å². The highest BCUT2D eigenvalue weighted by atomic mass is 35.5. The van der Waals surface area contributed by atoms with Gasteiger partial charge in [-0.25, -0.2) is 12.9 Å². The van der Waals surface area contributed by atoms with Crippen molar-refractivity contribution in [1.29, 1.82) is 0 Å². The van der Waals surface area contributed by atoms with Gasteiger partial charge >= 0.3 is 0 Å². The van der Waals surface area contributed by atoms with E-state index in [1.54, 1.807) is 53.0 Å². The van der Waals surface area contributed by atoms with Crippen molar-refractivity contribution in [1.82, 2.24) is 19.8 Å². The van der Waals surface area contributed by atoms with Crippen LogP contribution in [0.4, 0.5) is 5.69 Å². The molecule has 0 bridgehead atoms. The number of benzene rings is 2. The van der Waals surface area contributed by atoms with Crippen LogP contribution < -0.4 is 4.31 Å². The van der Waals surface area contributed by atoms with Gasteiger partial charge in [-0.05, 0) is 55.5 Å². The van der Waals surface area contributed by atoms with E-state index in [9.17, 15) is 8.42 Å². The molecule has 0 aliphatic heterocycles. The van der Waals surface area contributed by atoms with Crippen LogP contribution in [0.3, 0.4) is 0 Å². The van der Waals surface area contributed by atoms with Crippen molar-refractivity contribution in [3.63, 3.8) is 0 Å². The van der Waals surface area contributed by atoms with E-state index in [1.165, 1.54) is 15.6 Å². The maximum absolute atomic E-state index is 13.4. The lowest BCUT2D eigenvalue weighted by Crippen LogP contribution is -2.33. The molecule has 1 N–H and O–H groups in total. The Morgan fingerprint density at radius 1 is 1.14 bits per heavy atom. The first kappa shape index (κ1) is 20.0. The number of aromatic amines is 1. The standard InChI is InChI=1S/C18H16ClN5O2S3/c1-12-2-8-15(9-3-12)29(25,26)23(14-6-4-13(19)5-7-14)11-10-16-20-21-17-24(16)22-18(27)28-17/h2-9H,10-11H2,1H3,(H,22,27). The van der Waals surface area contributed by atoms with Crippen molar-refractivity contribution < 1.29 is 8.42 Å². The Balaban J connectivity index is 1.71. The van der Waals surface area contributed by atoms with E-state index in [-0.39, 0.29) is 11.4 Å². The fraction of sp³-hybridized carbons (Fsp3) is 0.167. The zero-order valence-corrected chi connectivity index (χ0v) is 18.4. The van der Waals surface area contributed by atoms with Crippen LogP contribution in [-0.2, 0) is 16.4 Å². The van der Waals surface area contributed by atoms with Crippen molar-refractivity contribution >= 4 is 55.8 Å². The Bertz CT molecular complexity index is 1310. The average molecular weight is 466 g/mol. The molecule has 0 spiro atoms. The second-order valence-corrected chi connectivity index (χ2v) is 10.3. The van der Waals surface area contributed by atoms with Gasteiger partial charge in [0.1, 0.15) is 0 Å². The van der Waals surface area contributed by atoms with E-state index in [4.69, 9.17) is 23.8 Å². The van der Waals surface area contributed by atoms with E-state index < -0.39 is 10.0 Å². The van der Waals surface area contributed by atoms with Crippen LogP contribution in [0.25, 0.3) is 4.96 Å². The molecule has 0 atom stereocenters. The fourth-order valence-electron chi connectivity index (χ4n) is 2.87. The summed E-state index contributed by atoms with van der Waals surface area (Å²) in [6, 6.07) is 13.5.